The summed E-state index contributed by atoms with van der Waals surface area (Å²) >= 11 is 0. The van der Waals surface area contributed by atoms with Crippen LogP contribution in [0.15, 0.2) is 59.5 Å². The highest BCUT2D eigenvalue weighted by molar-refractivity contribution is 7.89. The molecular formula is C20H23N3O2S. The number of rotatable bonds is 7. The van der Waals surface area contributed by atoms with Crippen molar-refractivity contribution < 1.29 is 8.42 Å². The molecule has 1 heterocycles. The van der Waals surface area contributed by atoms with Crippen molar-refractivity contribution in [1.82, 2.24) is 9.71 Å². The van der Waals surface area contributed by atoms with Gasteiger partial charge in [-0.15, -0.1) is 0 Å². The quantitative estimate of drug-likeness (QED) is 0.666. The molecule has 3 rings (SSSR count). The average Bonchev–Trinajstić information content (AvgIpc) is 2.66. The Morgan fingerprint density at radius 3 is 2.54 bits per heavy atom. The average molecular weight is 369 g/mol. The minimum Gasteiger partial charge on any atom is -0.380 e. The molecule has 0 fully saturated rings. The number of pyridine rings is 1. The van der Waals surface area contributed by atoms with Crippen LogP contribution in [0.1, 0.15) is 24.6 Å². The Bertz CT molecular complexity index is 1020. The maximum atomic E-state index is 12.2. The lowest BCUT2D eigenvalue weighted by molar-refractivity contribution is 0.587. The first-order valence-electron chi connectivity index (χ1n) is 8.69. The monoisotopic (exact) mass is 369 g/mol. The van der Waals surface area contributed by atoms with E-state index in [0.717, 1.165) is 40.7 Å². The highest BCUT2D eigenvalue weighted by atomic mass is 32.2. The van der Waals surface area contributed by atoms with E-state index in [2.05, 4.69) is 23.0 Å². The number of aryl methyl sites for hydroxylation is 1. The molecule has 26 heavy (non-hydrogen) atoms. The first-order valence-corrected chi connectivity index (χ1v) is 10.2. The summed E-state index contributed by atoms with van der Waals surface area (Å²) in [7, 11) is -2.07. The molecule has 0 saturated carbocycles. The molecule has 2 aromatic carbocycles. The molecule has 5 nitrogen and oxygen atoms in total. The van der Waals surface area contributed by atoms with E-state index in [0.29, 0.717) is 11.4 Å². The summed E-state index contributed by atoms with van der Waals surface area (Å²) in [6.45, 7) is 2.54. The van der Waals surface area contributed by atoms with Crippen LogP contribution in [0, 0.1) is 0 Å². The Kier molecular flexibility index (Phi) is 5.54. The number of nitrogens with zero attached hydrogens (tertiary/aromatic N) is 1. The molecule has 2 N–H and O–H groups in total. The van der Waals surface area contributed by atoms with E-state index in [9.17, 15) is 8.42 Å². The molecule has 0 aliphatic rings. The second-order valence-electron chi connectivity index (χ2n) is 6.10. The zero-order chi connectivity index (χ0) is 18.6. The van der Waals surface area contributed by atoms with Gasteiger partial charge in [0.05, 0.1) is 10.4 Å². The number of hydrogen-bond donors (Lipinski definition) is 2. The molecule has 0 amide bonds. The fraction of sp³-hybridized carbons (Fsp3) is 0.250. The van der Waals surface area contributed by atoms with Gasteiger partial charge in [0, 0.05) is 23.3 Å². The second-order valence-corrected chi connectivity index (χ2v) is 7.95. The summed E-state index contributed by atoms with van der Waals surface area (Å²) < 4.78 is 26.9. The molecule has 0 bridgehead atoms. The lowest BCUT2D eigenvalue weighted by atomic mass is 10.1. The zero-order valence-corrected chi connectivity index (χ0v) is 15.8. The fourth-order valence-corrected chi connectivity index (χ4v) is 3.94. The van der Waals surface area contributed by atoms with Gasteiger partial charge < -0.3 is 5.32 Å². The predicted octanol–water partition coefficient (Wildman–Crippen LogP) is 3.71. The summed E-state index contributed by atoms with van der Waals surface area (Å²) in [5, 5.41) is 4.44. The Morgan fingerprint density at radius 1 is 1.04 bits per heavy atom. The minimum absolute atomic E-state index is 0.294. The highest BCUT2D eigenvalue weighted by Gasteiger charge is 2.16. The van der Waals surface area contributed by atoms with Crippen LogP contribution in [0.25, 0.3) is 10.9 Å². The zero-order valence-electron chi connectivity index (χ0n) is 15.0. The van der Waals surface area contributed by atoms with Crippen LogP contribution in [0.3, 0.4) is 0 Å². The van der Waals surface area contributed by atoms with Crippen LogP contribution in [0.5, 0.6) is 0 Å². The normalized spacial score (nSPS) is 11.6. The van der Waals surface area contributed by atoms with Gasteiger partial charge in [0.25, 0.3) is 0 Å². The van der Waals surface area contributed by atoms with Crippen molar-refractivity contribution in [3.8, 4) is 0 Å². The largest absolute Gasteiger partial charge is 0.380 e. The Labute approximate surface area is 154 Å². The van der Waals surface area contributed by atoms with Crippen LogP contribution in [0.4, 0.5) is 5.69 Å². The van der Waals surface area contributed by atoms with Crippen molar-refractivity contribution in [3.05, 3.63) is 65.9 Å². The molecule has 1 aromatic heterocycles. The molecule has 0 aliphatic carbocycles. The van der Waals surface area contributed by atoms with Crippen molar-refractivity contribution in [3.63, 3.8) is 0 Å². The fourth-order valence-electron chi connectivity index (χ4n) is 2.97. The van der Waals surface area contributed by atoms with Crippen LogP contribution in [-0.2, 0) is 23.0 Å². The lowest BCUT2D eigenvalue weighted by Crippen LogP contribution is -2.20. The summed E-state index contributed by atoms with van der Waals surface area (Å²) in [6.07, 6.45) is 1.93. The number of anilines is 1. The third-order valence-electron chi connectivity index (χ3n) is 4.28. The van der Waals surface area contributed by atoms with Gasteiger partial charge in [0.15, 0.2) is 0 Å². The topological polar surface area (TPSA) is 71.1 Å². The summed E-state index contributed by atoms with van der Waals surface area (Å²) in [6, 6.07) is 17.1. The Morgan fingerprint density at radius 2 is 1.77 bits per heavy atom. The van der Waals surface area contributed by atoms with E-state index in [1.165, 1.54) is 7.05 Å². The van der Waals surface area contributed by atoms with Crippen molar-refractivity contribution in [2.75, 3.05) is 12.4 Å². The van der Waals surface area contributed by atoms with Crippen molar-refractivity contribution in [2.45, 2.75) is 31.2 Å². The van der Waals surface area contributed by atoms with E-state index in [1.54, 1.807) is 12.1 Å². The van der Waals surface area contributed by atoms with Gasteiger partial charge in [-0.1, -0.05) is 49.7 Å². The third kappa shape index (κ3) is 3.86. The van der Waals surface area contributed by atoms with Crippen LogP contribution < -0.4 is 10.0 Å². The van der Waals surface area contributed by atoms with Crippen LogP contribution >= 0.6 is 0 Å². The number of benzene rings is 2. The smallest absolute Gasteiger partial charge is 0.240 e. The van der Waals surface area contributed by atoms with Gasteiger partial charge in [0.1, 0.15) is 0 Å². The van der Waals surface area contributed by atoms with Gasteiger partial charge in [-0.2, -0.15) is 0 Å². The van der Waals surface area contributed by atoms with Gasteiger partial charge in [-0.3, -0.25) is 4.98 Å². The SMILES string of the molecule is CCCc1cc(NCc2ccccc2S(=O)(=O)NC)c2ccccc2n1. The number of aromatic nitrogens is 1. The molecule has 136 valence electrons. The molecular weight excluding hydrogens is 346 g/mol. The Hall–Kier alpha value is -2.44. The summed E-state index contributed by atoms with van der Waals surface area (Å²) in [5.41, 5.74) is 3.66. The predicted molar refractivity (Wildman–Crippen MR) is 106 cm³/mol. The first-order chi connectivity index (χ1) is 12.5. The van der Waals surface area contributed by atoms with Gasteiger partial charge in [-0.25, -0.2) is 13.1 Å². The Balaban J connectivity index is 1.96. The first kappa shape index (κ1) is 18.4. The van der Waals surface area contributed by atoms with Crippen molar-refractivity contribution in [2.24, 2.45) is 0 Å². The van der Waals surface area contributed by atoms with Crippen molar-refractivity contribution in [1.29, 1.82) is 0 Å². The summed E-state index contributed by atoms with van der Waals surface area (Å²) in [5.74, 6) is 0. The molecule has 0 aliphatic heterocycles. The van der Waals surface area contributed by atoms with Gasteiger partial charge in [0.2, 0.25) is 10.0 Å². The third-order valence-corrected chi connectivity index (χ3v) is 5.79. The van der Waals surface area contributed by atoms with Gasteiger partial charge in [-0.05, 0) is 37.2 Å². The molecule has 0 spiro atoms. The maximum absolute atomic E-state index is 12.2. The number of para-hydroxylation sites is 1. The number of nitrogens with one attached hydrogen (secondary N) is 2. The van der Waals surface area contributed by atoms with E-state index in [4.69, 9.17) is 4.98 Å². The molecule has 6 heteroatoms. The van der Waals surface area contributed by atoms with Crippen LogP contribution in [-0.4, -0.2) is 20.4 Å². The lowest BCUT2D eigenvalue weighted by Gasteiger charge is -2.14. The molecule has 0 atom stereocenters. The highest BCUT2D eigenvalue weighted by Crippen LogP contribution is 2.25. The van der Waals surface area contributed by atoms with E-state index in [1.807, 2.05) is 36.4 Å². The summed E-state index contributed by atoms with van der Waals surface area (Å²) in [4.78, 5) is 5.00. The molecule has 0 unspecified atom stereocenters. The number of hydrogen-bond acceptors (Lipinski definition) is 4. The molecule has 3 aromatic rings. The number of fused-ring (bicyclic) bond motifs is 1. The van der Waals surface area contributed by atoms with E-state index in [-0.39, 0.29) is 0 Å². The van der Waals surface area contributed by atoms with E-state index < -0.39 is 10.0 Å². The maximum Gasteiger partial charge on any atom is 0.240 e. The standard InChI is InChI=1S/C20H23N3O2S/c1-3-8-16-13-19(17-10-5-6-11-18(17)23-16)22-14-15-9-4-7-12-20(15)26(24,25)21-2/h4-7,9-13,21H,3,8,14H2,1-2H3,(H,22,23). The number of sulfonamides is 1. The molecule has 0 radical (unpaired) electrons. The van der Waals surface area contributed by atoms with E-state index >= 15 is 0 Å². The molecule has 0 saturated heterocycles. The van der Waals surface area contributed by atoms with Crippen LogP contribution in [0.2, 0.25) is 0 Å². The van der Waals surface area contributed by atoms with Gasteiger partial charge >= 0.3 is 0 Å². The minimum atomic E-state index is -3.49. The second kappa shape index (κ2) is 7.85. The van der Waals surface area contributed by atoms with Crippen molar-refractivity contribution >= 4 is 26.6 Å².